The van der Waals surface area contributed by atoms with Crippen LogP contribution < -0.4 is 11.1 Å². The molecule has 3 N–H and O–H groups in total. The molecule has 0 aliphatic carbocycles. The molecule has 7 heteroatoms. The average Bonchev–Trinajstić information content (AvgIpc) is 2.33. The van der Waals surface area contributed by atoms with E-state index < -0.39 is 29.0 Å². The van der Waals surface area contributed by atoms with Crippen molar-refractivity contribution >= 4 is 5.91 Å². The Morgan fingerprint density at radius 2 is 2.00 bits per heavy atom. The van der Waals surface area contributed by atoms with Crippen LogP contribution >= 0.6 is 0 Å². The van der Waals surface area contributed by atoms with E-state index in [9.17, 15) is 22.4 Å². The fourth-order valence-corrected chi connectivity index (χ4v) is 1.35. The Morgan fingerprint density at radius 1 is 1.32 bits per heavy atom. The maximum atomic E-state index is 13.6. The molecule has 0 bridgehead atoms. The fourth-order valence-electron chi connectivity index (χ4n) is 1.35. The summed E-state index contributed by atoms with van der Waals surface area (Å²) in [6.45, 7) is 0.333. The lowest BCUT2D eigenvalue weighted by molar-refractivity contribution is -0.140. The zero-order valence-electron chi connectivity index (χ0n) is 9.80. The molecule has 3 nitrogen and oxygen atoms in total. The zero-order chi connectivity index (χ0) is 14.5. The average molecular weight is 276 g/mol. The molecule has 0 atom stereocenters. The van der Waals surface area contributed by atoms with Crippen LogP contribution in [-0.4, -0.2) is 19.0 Å². The van der Waals surface area contributed by atoms with Crippen molar-refractivity contribution in [2.75, 3.05) is 13.1 Å². The van der Waals surface area contributed by atoms with E-state index in [-0.39, 0.29) is 13.1 Å². The molecule has 1 aromatic carbocycles. The molecule has 0 saturated heterocycles. The van der Waals surface area contributed by atoms with Gasteiger partial charge in [0.2, 0.25) is 0 Å². The van der Waals surface area contributed by atoms with E-state index in [2.05, 4.69) is 5.32 Å². The molecule has 1 rings (SSSR count). The number of hydrogen-bond acceptors (Lipinski definition) is 2. The standard InChI is InChI=1S/C12H12F4N2O/c13-10-8(11(19)18-7-2-1-6-17)4-3-5-9(10)12(14,15)16/h1-5H,6-7,17H2,(H,18,19)/b2-1+. The quantitative estimate of drug-likeness (QED) is 0.653. The largest absolute Gasteiger partial charge is 0.419 e. The Bertz CT molecular complexity index is 483. The van der Waals surface area contributed by atoms with Crippen LogP contribution in [0, 0.1) is 5.82 Å². The SMILES string of the molecule is NC/C=C/CNC(=O)c1cccc(C(F)(F)F)c1F. The predicted octanol–water partition coefficient (Wildman–Crippen LogP) is 2.09. The van der Waals surface area contributed by atoms with Gasteiger partial charge in [0.25, 0.3) is 5.91 Å². The lowest BCUT2D eigenvalue weighted by Crippen LogP contribution is -2.25. The van der Waals surface area contributed by atoms with Gasteiger partial charge in [-0.2, -0.15) is 13.2 Å². The first-order chi connectivity index (χ1) is 8.88. The van der Waals surface area contributed by atoms with Crippen LogP contribution in [0.2, 0.25) is 0 Å². The number of carbonyl (C=O) groups excluding carboxylic acids is 1. The van der Waals surface area contributed by atoms with Crippen molar-refractivity contribution in [3.8, 4) is 0 Å². The Hall–Kier alpha value is -1.89. The van der Waals surface area contributed by atoms with Crippen molar-refractivity contribution in [1.82, 2.24) is 5.32 Å². The molecule has 1 amide bonds. The van der Waals surface area contributed by atoms with E-state index in [0.29, 0.717) is 6.07 Å². The van der Waals surface area contributed by atoms with Crippen LogP contribution in [0.3, 0.4) is 0 Å². The van der Waals surface area contributed by atoms with E-state index in [0.717, 1.165) is 12.1 Å². The van der Waals surface area contributed by atoms with Crippen molar-refractivity contribution in [2.45, 2.75) is 6.18 Å². The molecule has 0 fully saturated rings. The Kier molecular flexibility index (Phi) is 5.05. The van der Waals surface area contributed by atoms with Gasteiger partial charge < -0.3 is 11.1 Å². The zero-order valence-corrected chi connectivity index (χ0v) is 9.80. The minimum Gasteiger partial charge on any atom is -0.348 e. The molecule has 0 heterocycles. The highest BCUT2D eigenvalue weighted by Gasteiger charge is 2.35. The van der Waals surface area contributed by atoms with E-state index in [1.165, 1.54) is 6.08 Å². The summed E-state index contributed by atoms with van der Waals surface area (Å²) in [5.74, 6) is -2.49. The molecule has 0 aromatic heterocycles. The molecule has 0 aliphatic rings. The van der Waals surface area contributed by atoms with E-state index in [1.807, 2.05) is 0 Å². The monoisotopic (exact) mass is 276 g/mol. The normalized spacial score (nSPS) is 11.8. The maximum absolute atomic E-state index is 13.6. The topological polar surface area (TPSA) is 55.1 Å². The van der Waals surface area contributed by atoms with Gasteiger partial charge in [0.15, 0.2) is 0 Å². The van der Waals surface area contributed by atoms with Crippen molar-refractivity contribution in [2.24, 2.45) is 5.73 Å². The van der Waals surface area contributed by atoms with Crippen LogP contribution in [0.5, 0.6) is 0 Å². The summed E-state index contributed by atoms with van der Waals surface area (Å²) in [6.07, 6.45) is -1.76. The number of nitrogens with one attached hydrogen (secondary N) is 1. The van der Waals surface area contributed by atoms with Crippen molar-refractivity contribution < 1.29 is 22.4 Å². The molecule has 1 aromatic rings. The van der Waals surface area contributed by atoms with Gasteiger partial charge in [-0.1, -0.05) is 18.2 Å². The molecule has 0 aliphatic heterocycles. The first kappa shape index (κ1) is 15.2. The van der Waals surface area contributed by atoms with Crippen LogP contribution in [0.25, 0.3) is 0 Å². The lowest BCUT2D eigenvalue weighted by Gasteiger charge is -2.10. The molecular weight excluding hydrogens is 264 g/mol. The molecule has 0 spiro atoms. The summed E-state index contributed by atoms with van der Waals surface area (Å²) in [4.78, 5) is 11.5. The Balaban J connectivity index is 2.90. The highest BCUT2D eigenvalue weighted by atomic mass is 19.4. The summed E-state index contributed by atoms with van der Waals surface area (Å²) in [5, 5.41) is 2.26. The molecule has 104 valence electrons. The predicted molar refractivity (Wildman–Crippen MR) is 61.9 cm³/mol. The number of halogens is 4. The molecule has 0 radical (unpaired) electrons. The highest BCUT2D eigenvalue weighted by Crippen LogP contribution is 2.32. The van der Waals surface area contributed by atoms with Gasteiger partial charge >= 0.3 is 6.18 Å². The van der Waals surface area contributed by atoms with Crippen molar-refractivity contribution in [1.29, 1.82) is 0 Å². The molecule has 0 saturated carbocycles. The Labute approximate surface area is 107 Å². The third-order valence-corrected chi connectivity index (χ3v) is 2.23. The number of carbonyl (C=O) groups is 1. The second-order valence-corrected chi connectivity index (χ2v) is 3.58. The third kappa shape index (κ3) is 4.06. The van der Waals surface area contributed by atoms with Crippen LogP contribution in [0.1, 0.15) is 15.9 Å². The minimum absolute atomic E-state index is 0.0612. The fraction of sp³-hybridized carbons (Fsp3) is 0.250. The summed E-state index contributed by atoms with van der Waals surface area (Å²) >= 11 is 0. The third-order valence-electron chi connectivity index (χ3n) is 2.23. The summed E-state index contributed by atoms with van der Waals surface area (Å²) in [6, 6.07) is 2.56. The van der Waals surface area contributed by atoms with Gasteiger partial charge in [0.1, 0.15) is 5.82 Å². The number of benzene rings is 1. The number of amides is 1. The van der Waals surface area contributed by atoms with E-state index in [4.69, 9.17) is 5.73 Å². The van der Waals surface area contributed by atoms with Crippen molar-refractivity contribution in [3.05, 3.63) is 47.3 Å². The van der Waals surface area contributed by atoms with Gasteiger partial charge in [-0.05, 0) is 12.1 Å². The number of hydrogen-bond donors (Lipinski definition) is 2. The number of rotatable bonds is 4. The molecular formula is C12H12F4N2O. The van der Waals surface area contributed by atoms with Crippen LogP contribution in [-0.2, 0) is 6.18 Å². The van der Waals surface area contributed by atoms with Gasteiger partial charge in [0, 0.05) is 13.1 Å². The van der Waals surface area contributed by atoms with E-state index >= 15 is 0 Å². The van der Waals surface area contributed by atoms with E-state index in [1.54, 1.807) is 6.08 Å². The minimum atomic E-state index is -4.83. The Morgan fingerprint density at radius 3 is 2.58 bits per heavy atom. The van der Waals surface area contributed by atoms with Gasteiger partial charge in [0.05, 0.1) is 11.1 Å². The lowest BCUT2D eigenvalue weighted by atomic mass is 10.1. The molecule has 19 heavy (non-hydrogen) atoms. The van der Waals surface area contributed by atoms with Gasteiger partial charge in [-0.3, -0.25) is 4.79 Å². The molecule has 0 unspecified atom stereocenters. The maximum Gasteiger partial charge on any atom is 0.419 e. The number of alkyl halides is 3. The second kappa shape index (κ2) is 6.33. The van der Waals surface area contributed by atoms with Crippen LogP contribution in [0.4, 0.5) is 17.6 Å². The summed E-state index contributed by atoms with van der Waals surface area (Å²) in [5.41, 5.74) is 3.06. The van der Waals surface area contributed by atoms with Crippen LogP contribution in [0.15, 0.2) is 30.4 Å². The second-order valence-electron chi connectivity index (χ2n) is 3.58. The first-order valence-electron chi connectivity index (χ1n) is 5.37. The number of nitrogens with two attached hydrogens (primary N) is 1. The van der Waals surface area contributed by atoms with Gasteiger partial charge in [-0.15, -0.1) is 0 Å². The summed E-state index contributed by atoms with van der Waals surface area (Å²) < 4.78 is 50.9. The highest BCUT2D eigenvalue weighted by molar-refractivity contribution is 5.94. The van der Waals surface area contributed by atoms with Gasteiger partial charge in [-0.25, -0.2) is 4.39 Å². The first-order valence-corrected chi connectivity index (χ1v) is 5.37. The smallest absolute Gasteiger partial charge is 0.348 e. The summed E-state index contributed by atoms with van der Waals surface area (Å²) in [7, 11) is 0. The van der Waals surface area contributed by atoms with Crippen molar-refractivity contribution in [3.63, 3.8) is 0 Å².